The molecule has 0 radical (unpaired) electrons. The zero-order valence-corrected chi connectivity index (χ0v) is 14.0. The van der Waals surface area contributed by atoms with E-state index < -0.39 is 0 Å². The van der Waals surface area contributed by atoms with Crippen LogP contribution in [0.3, 0.4) is 0 Å². The number of nitrogens with one attached hydrogen (secondary N) is 1. The van der Waals surface area contributed by atoms with Crippen molar-refractivity contribution < 1.29 is 14.3 Å². The molecule has 5 heteroatoms. The third-order valence-corrected chi connectivity index (χ3v) is 4.54. The van der Waals surface area contributed by atoms with Crippen LogP contribution in [0.5, 0.6) is 5.75 Å². The fraction of sp³-hybridized carbons (Fsp3) is 0.300. The zero-order valence-electron chi connectivity index (χ0n) is 14.0. The Morgan fingerprint density at radius 3 is 2.32 bits per heavy atom. The predicted molar refractivity (Wildman–Crippen MR) is 95.2 cm³/mol. The Balaban J connectivity index is 1.45. The number of carbonyl (C=O) groups is 2. The molecule has 0 unspecified atom stereocenters. The molecule has 0 spiro atoms. The number of nitrogens with two attached hydrogens (primary N) is 1. The molecule has 1 aliphatic rings. The summed E-state index contributed by atoms with van der Waals surface area (Å²) in [7, 11) is 0. The van der Waals surface area contributed by atoms with E-state index in [9.17, 15) is 9.59 Å². The van der Waals surface area contributed by atoms with Crippen LogP contribution >= 0.6 is 0 Å². The predicted octanol–water partition coefficient (Wildman–Crippen LogP) is 1.94. The number of ether oxygens (including phenoxy) is 1. The summed E-state index contributed by atoms with van der Waals surface area (Å²) in [4.78, 5) is 22.9. The Kier molecular flexibility index (Phi) is 5.03. The Hall–Kier alpha value is -2.82. The second-order valence-corrected chi connectivity index (χ2v) is 6.50. The molecule has 3 N–H and O–H groups in total. The summed E-state index contributed by atoms with van der Waals surface area (Å²) >= 11 is 0. The summed E-state index contributed by atoms with van der Waals surface area (Å²) in [5.74, 6) is 0.0800. The van der Waals surface area contributed by atoms with Crippen LogP contribution in [0.25, 0.3) is 0 Å². The number of hydrogen-bond donors (Lipinski definition) is 2. The third kappa shape index (κ3) is 4.59. The molecule has 2 aromatic carbocycles. The van der Waals surface area contributed by atoms with Crippen molar-refractivity contribution in [1.29, 1.82) is 0 Å². The van der Waals surface area contributed by atoms with Crippen LogP contribution in [-0.2, 0) is 21.4 Å². The maximum absolute atomic E-state index is 12.0. The van der Waals surface area contributed by atoms with Gasteiger partial charge in [-0.25, -0.2) is 0 Å². The van der Waals surface area contributed by atoms with Crippen molar-refractivity contribution in [2.24, 2.45) is 5.73 Å². The average molecular weight is 338 g/mol. The van der Waals surface area contributed by atoms with E-state index in [4.69, 9.17) is 10.5 Å². The van der Waals surface area contributed by atoms with Gasteiger partial charge in [-0.1, -0.05) is 42.5 Å². The highest BCUT2D eigenvalue weighted by molar-refractivity contribution is 5.78. The highest BCUT2D eigenvalue weighted by Crippen LogP contribution is 2.47. The van der Waals surface area contributed by atoms with E-state index in [0.717, 1.165) is 18.4 Å². The summed E-state index contributed by atoms with van der Waals surface area (Å²) in [6, 6.07) is 17.3. The van der Waals surface area contributed by atoms with Gasteiger partial charge < -0.3 is 15.8 Å². The minimum Gasteiger partial charge on any atom is -0.484 e. The van der Waals surface area contributed by atoms with Gasteiger partial charge in [0, 0.05) is 12.0 Å². The molecule has 2 amide bonds. The number of carbonyl (C=O) groups excluding carboxylic acids is 2. The van der Waals surface area contributed by atoms with Crippen LogP contribution in [0.2, 0.25) is 0 Å². The van der Waals surface area contributed by atoms with Gasteiger partial charge in [0.2, 0.25) is 5.91 Å². The Labute approximate surface area is 147 Å². The molecule has 3 rings (SSSR count). The van der Waals surface area contributed by atoms with Crippen molar-refractivity contribution in [3.63, 3.8) is 0 Å². The van der Waals surface area contributed by atoms with Gasteiger partial charge in [-0.2, -0.15) is 0 Å². The van der Waals surface area contributed by atoms with Crippen LogP contribution < -0.4 is 15.8 Å². The van der Waals surface area contributed by atoms with Gasteiger partial charge in [0.05, 0.1) is 6.42 Å². The Morgan fingerprint density at radius 1 is 1.04 bits per heavy atom. The summed E-state index contributed by atoms with van der Waals surface area (Å²) in [5.41, 5.74) is 7.34. The van der Waals surface area contributed by atoms with Crippen molar-refractivity contribution in [3.8, 4) is 5.75 Å². The standard InChI is InChI=1S/C20H22N2O3/c21-18(23)12-15-6-8-17(9-7-15)25-13-19(24)22-14-20(10-11-20)16-4-2-1-3-5-16/h1-9H,10-14H2,(H2,21,23)(H,22,24). The summed E-state index contributed by atoms with van der Waals surface area (Å²) in [6.07, 6.45) is 2.39. The molecule has 0 aromatic heterocycles. The Bertz CT molecular complexity index is 737. The van der Waals surface area contributed by atoms with Gasteiger partial charge in [0.15, 0.2) is 6.61 Å². The van der Waals surface area contributed by atoms with E-state index in [1.54, 1.807) is 24.3 Å². The maximum Gasteiger partial charge on any atom is 0.257 e. The molecular formula is C20H22N2O3. The summed E-state index contributed by atoms with van der Waals surface area (Å²) in [5, 5.41) is 2.97. The summed E-state index contributed by atoms with van der Waals surface area (Å²) in [6.45, 7) is 0.608. The van der Waals surface area contributed by atoms with Crippen LogP contribution in [-0.4, -0.2) is 25.0 Å². The van der Waals surface area contributed by atoms with Crippen molar-refractivity contribution in [1.82, 2.24) is 5.32 Å². The Morgan fingerprint density at radius 2 is 1.72 bits per heavy atom. The molecule has 0 saturated heterocycles. The lowest BCUT2D eigenvalue weighted by Crippen LogP contribution is -2.35. The molecule has 0 bridgehead atoms. The molecule has 130 valence electrons. The molecule has 1 saturated carbocycles. The van der Waals surface area contributed by atoms with E-state index in [1.165, 1.54) is 5.56 Å². The topological polar surface area (TPSA) is 81.4 Å². The van der Waals surface area contributed by atoms with E-state index in [1.807, 2.05) is 18.2 Å². The second kappa shape index (κ2) is 7.38. The first-order valence-corrected chi connectivity index (χ1v) is 8.40. The van der Waals surface area contributed by atoms with Crippen molar-refractivity contribution >= 4 is 11.8 Å². The van der Waals surface area contributed by atoms with Gasteiger partial charge in [-0.3, -0.25) is 9.59 Å². The number of amides is 2. The number of primary amides is 1. The maximum atomic E-state index is 12.0. The fourth-order valence-electron chi connectivity index (χ4n) is 2.88. The molecular weight excluding hydrogens is 316 g/mol. The minimum absolute atomic E-state index is 0.0277. The molecule has 0 aliphatic heterocycles. The third-order valence-electron chi connectivity index (χ3n) is 4.54. The highest BCUT2D eigenvalue weighted by Gasteiger charge is 2.44. The lowest BCUT2D eigenvalue weighted by atomic mass is 9.96. The van der Waals surface area contributed by atoms with Gasteiger partial charge in [-0.15, -0.1) is 0 Å². The lowest BCUT2D eigenvalue weighted by Gasteiger charge is -2.16. The molecule has 5 nitrogen and oxygen atoms in total. The number of benzene rings is 2. The second-order valence-electron chi connectivity index (χ2n) is 6.50. The lowest BCUT2D eigenvalue weighted by molar-refractivity contribution is -0.123. The molecule has 0 heterocycles. The quantitative estimate of drug-likeness (QED) is 0.772. The van der Waals surface area contributed by atoms with E-state index in [-0.39, 0.29) is 30.3 Å². The van der Waals surface area contributed by atoms with E-state index >= 15 is 0 Å². The number of rotatable bonds is 8. The summed E-state index contributed by atoms with van der Waals surface area (Å²) < 4.78 is 5.49. The smallest absolute Gasteiger partial charge is 0.257 e. The first-order valence-electron chi connectivity index (χ1n) is 8.40. The first kappa shape index (κ1) is 17.0. The molecule has 1 aliphatic carbocycles. The van der Waals surface area contributed by atoms with Crippen molar-refractivity contribution in [3.05, 3.63) is 65.7 Å². The van der Waals surface area contributed by atoms with Crippen LogP contribution in [0.1, 0.15) is 24.0 Å². The minimum atomic E-state index is -0.375. The van der Waals surface area contributed by atoms with Crippen molar-refractivity contribution in [2.75, 3.05) is 13.2 Å². The monoisotopic (exact) mass is 338 g/mol. The highest BCUT2D eigenvalue weighted by atomic mass is 16.5. The van der Waals surface area contributed by atoms with Gasteiger partial charge in [-0.05, 0) is 36.1 Å². The molecule has 25 heavy (non-hydrogen) atoms. The normalized spacial score (nSPS) is 14.6. The number of hydrogen-bond acceptors (Lipinski definition) is 3. The van der Waals surface area contributed by atoms with Gasteiger partial charge in [0.1, 0.15) is 5.75 Å². The molecule has 1 fully saturated rings. The molecule has 2 aromatic rings. The van der Waals surface area contributed by atoms with Crippen molar-refractivity contribution in [2.45, 2.75) is 24.7 Å². The molecule has 0 atom stereocenters. The van der Waals surface area contributed by atoms with E-state index in [0.29, 0.717) is 12.3 Å². The van der Waals surface area contributed by atoms with Gasteiger partial charge >= 0.3 is 0 Å². The van der Waals surface area contributed by atoms with Crippen LogP contribution in [0.4, 0.5) is 0 Å². The fourth-order valence-corrected chi connectivity index (χ4v) is 2.88. The van der Waals surface area contributed by atoms with E-state index in [2.05, 4.69) is 17.4 Å². The largest absolute Gasteiger partial charge is 0.484 e. The SMILES string of the molecule is NC(=O)Cc1ccc(OCC(=O)NCC2(c3ccccc3)CC2)cc1. The first-order chi connectivity index (χ1) is 12.1. The van der Waals surface area contributed by atoms with Crippen LogP contribution in [0.15, 0.2) is 54.6 Å². The van der Waals surface area contributed by atoms with Gasteiger partial charge in [0.25, 0.3) is 5.91 Å². The average Bonchev–Trinajstić information content (AvgIpc) is 3.41. The zero-order chi connectivity index (χ0) is 17.7. The van der Waals surface area contributed by atoms with Crippen LogP contribution in [0, 0.1) is 0 Å².